The van der Waals surface area contributed by atoms with Gasteiger partial charge in [-0.1, -0.05) is 50.8 Å². The van der Waals surface area contributed by atoms with Crippen molar-refractivity contribution in [1.82, 2.24) is 14.5 Å². The van der Waals surface area contributed by atoms with Crippen molar-refractivity contribution in [3.63, 3.8) is 0 Å². The Balaban J connectivity index is 1.90. The molecule has 1 fully saturated rings. The smallest absolute Gasteiger partial charge is 0.109 e. The van der Waals surface area contributed by atoms with Crippen molar-refractivity contribution < 1.29 is 4.74 Å². The second kappa shape index (κ2) is 12.1. The number of hydrogen-bond acceptors (Lipinski definition) is 4. The molecule has 1 aromatic heterocycles. The van der Waals surface area contributed by atoms with E-state index in [0.717, 1.165) is 110 Å². The van der Waals surface area contributed by atoms with Crippen molar-refractivity contribution in [3.8, 4) is 0 Å². The van der Waals surface area contributed by atoms with Crippen LogP contribution in [0.5, 0.6) is 0 Å². The summed E-state index contributed by atoms with van der Waals surface area (Å²) in [6.07, 6.45) is 7.62. The van der Waals surface area contributed by atoms with Gasteiger partial charge in [0.1, 0.15) is 11.2 Å². The average molecular weight is 451 g/mol. The Morgan fingerprint density at radius 2 is 1.91 bits per heavy atom. The third kappa shape index (κ3) is 6.29. The lowest BCUT2D eigenvalue weighted by Gasteiger charge is -2.36. The summed E-state index contributed by atoms with van der Waals surface area (Å²) >= 11 is 0. The van der Waals surface area contributed by atoms with Crippen molar-refractivity contribution in [3.05, 3.63) is 63.5 Å². The topological polar surface area (TPSA) is 56.3 Å². The molecule has 2 N–H and O–H groups in total. The number of nitrogens with two attached hydrogens (primary N) is 1. The van der Waals surface area contributed by atoms with Gasteiger partial charge < -0.3 is 19.9 Å². The van der Waals surface area contributed by atoms with E-state index in [1.165, 1.54) is 0 Å². The highest BCUT2D eigenvalue weighted by Gasteiger charge is 2.20. The summed E-state index contributed by atoms with van der Waals surface area (Å²) in [6.45, 7) is 18.5. The SMILES string of the molecule is C=C(C)N(CCCCn1c(CCCC)nc(=C(/C)N)/c1=c1/ccccc1=C)C1CCOCC1. The van der Waals surface area contributed by atoms with Crippen molar-refractivity contribution >= 4 is 12.3 Å². The molecule has 1 saturated heterocycles. The Kier molecular flexibility index (Phi) is 9.19. The fourth-order valence-corrected chi connectivity index (χ4v) is 4.80. The van der Waals surface area contributed by atoms with Gasteiger partial charge in [-0.15, -0.1) is 0 Å². The maximum atomic E-state index is 6.32. The van der Waals surface area contributed by atoms with Crippen molar-refractivity contribution in [2.24, 2.45) is 5.73 Å². The number of ether oxygens (including phenoxy) is 1. The standard InChI is InChI=1S/C28H42N4O/c1-6-7-14-26-30-27(23(5)29)28(25-13-9-8-12-22(25)4)32(26)18-11-10-17-31(21(2)3)24-15-19-33-20-16-24/h8-9,12-13,24H,2,4,6-7,10-11,14-20,29H2,1,3,5H3/b27-23-,28-25+. The van der Waals surface area contributed by atoms with Crippen LogP contribution in [0, 0.1) is 10.6 Å². The molecule has 180 valence electrons. The zero-order valence-electron chi connectivity index (χ0n) is 20.9. The lowest BCUT2D eigenvalue weighted by Crippen LogP contribution is -2.38. The Bertz CT molecular complexity index is 1120. The largest absolute Gasteiger partial charge is 0.400 e. The van der Waals surface area contributed by atoms with E-state index in [1.54, 1.807) is 0 Å². The Morgan fingerprint density at radius 3 is 2.55 bits per heavy atom. The molecule has 0 spiro atoms. The molecule has 33 heavy (non-hydrogen) atoms. The summed E-state index contributed by atoms with van der Waals surface area (Å²) in [4.78, 5) is 7.50. The summed E-state index contributed by atoms with van der Waals surface area (Å²) in [5.74, 6) is 1.14. The minimum Gasteiger partial charge on any atom is -0.400 e. The van der Waals surface area contributed by atoms with Crippen LogP contribution in [-0.4, -0.2) is 40.3 Å². The molecule has 0 bridgehead atoms. The van der Waals surface area contributed by atoms with E-state index in [2.05, 4.69) is 54.7 Å². The fraction of sp³-hybridized carbons (Fsp3) is 0.536. The number of nitrogens with zero attached hydrogens (tertiary/aromatic N) is 3. The molecule has 3 rings (SSSR count). The second-order valence-electron chi connectivity index (χ2n) is 9.30. The van der Waals surface area contributed by atoms with Gasteiger partial charge in [0.15, 0.2) is 0 Å². The monoisotopic (exact) mass is 450 g/mol. The van der Waals surface area contributed by atoms with Crippen LogP contribution < -0.4 is 16.3 Å². The van der Waals surface area contributed by atoms with Crippen molar-refractivity contribution in [2.45, 2.75) is 78.3 Å². The molecule has 1 aliphatic rings. The van der Waals surface area contributed by atoms with Crippen LogP contribution in [-0.2, 0) is 17.7 Å². The Morgan fingerprint density at radius 1 is 1.18 bits per heavy atom. The molecule has 5 heteroatoms. The highest BCUT2D eigenvalue weighted by Crippen LogP contribution is 2.19. The van der Waals surface area contributed by atoms with E-state index >= 15 is 0 Å². The number of imidazole rings is 1. The van der Waals surface area contributed by atoms with Gasteiger partial charge in [-0.05, 0) is 51.2 Å². The number of rotatable bonds is 10. The number of benzene rings is 1. The van der Waals surface area contributed by atoms with E-state index < -0.39 is 0 Å². The van der Waals surface area contributed by atoms with Crippen molar-refractivity contribution in [1.29, 1.82) is 0 Å². The summed E-state index contributed by atoms with van der Waals surface area (Å²) < 4.78 is 7.97. The van der Waals surface area contributed by atoms with Crippen LogP contribution in [0.4, 0.5) is 0 Å². The van der Waals surface area contributed by atoms with Gasteiger partial charge in [0.2, 0.25) is 0 Å². The minimum atomic E-state index is 0.555. The lowest BCUT2D eigenvalue weighted by atomic mass is 10.1. The first-order valence-corrected chi connectivity index (χ1v) is 12.5. The van der Waals surface area contributed by atoms with Crippen LogP contribution in [0.15, 0.2) is 36.5 Å². The van der Waals surface area contributed by atoms with Gasteiger partial charge >= 0.3 is 0 Å². The summed E-state index contributed by atoms with van der Waals surface area (Å²) in [5, 5.41) is 4.16. The predicted molar refractivity (Wildman–Crippen MR) is 138 cm³/mol. The van der Waals surface area contributed by atoms with E-state index in [1.807, 2.05) is 13.0 Å². The van der Waals surface area contributed by atoms with Crippen LogP contribution in [0.2, 0.25) is 0 Å². The maximum Gasteiger partial charge on any atom is 0.109 e. The number of hydrogen-bond donors (Lipinski definition) is 1. The van der Waals surface area contributed by atoms with Crippen LogP contribution >= 0.6 is 0 Å². The molecule has 0 amide bonds. The minimum absolute atomic E-state index is 0.555. The highest BCUT2D eigenvalue weighted by molar-refractivity contribution is 5.35. The maximum absolute atomic E-state index is 6.32. The molecule has 2 heterocycles. The number of aromatic nitrogens is 2. The molecular weight excluding hydrogens is 408 g/mol. The van der Waals surface area contributed by atoms with E-state index in [9.17, 15) is 0 Å². The summed E-state index contributed by atoms with van der Waals surface area (Å²) in [6, 6.07) is 8.86. The van der Waals surface area contributed by atoms with E-state index in [0.29, 0.717) is 6.04 Å². The molecule has 0 radical (unpaired) electrons. The van der Waals surface area contributed by atoms with Gasteiger partial charge in [0.05, 0.1) is 5.35 Å². The van der Waals surface area contributed by atoms with Gasteiger partial charge in [0, 0.05) is 55.4 Å². The Labute approximate surface area is 199 Å². The van der Waals surface area contributed by atoms with Gasteiger partial charge in [0.25, 0.3) is 0 Å². The lowest BCUT2D eigenvalue weighted by molar-refractivity contribution is 0.0452. The Hall–Kier alpha value is -2.53. The number of aryl methyl sites for hydroxylation is 1. The number of unbranched alkanes of at least 4 members (excludes halogenated alkanes) is 2. The molecule has 0 aliphatic carbocycles. The molecule has 2 aromatic rings. The summed E-state index contributed by atoms with van der Waals surface area (Å²) in [5.41, 5.74) is 8.24. The van der Waals surface area contributed by atoms with Crippen molar-refractivity contribution in [2.75, 3.05) is 19.8 Å². The normalized spacial score (nSPS) is 16.6. The third-order valence-electron chi connectivity index (χ3n) is 6.60. The number of allylic oxidation sites excluding steroid dienone is 1. The van der Waals surface area contributed by atoms with Crippen LogP contribution in [0.25, 0.3) is 12.3 Å². The fourth-order valence-electron chi connectivity index (χ4n) is 4.80. The third-order valence-corrected chi connectivity index (χ3v) is 6.60. The zero-order valence-corrected chi connectivity index (χ0v) is 20.9. The first-order chi connectivity index (χ1) is 15.9. The molecule has 0 atom stereocenters. The molecular formula is C28H42N4O. The first kappa shape index (κ1) is 25.1. The summed E-state index contributed by atoms with van der Waals surface area (Å²) in [7, 11) is 0. The molecule has 0 saturated carbocycles. The second-order valence-corrected chi connectivity index (χ2v) is 9.30. The molecule has 0 unspecified atom stereocenters. The average Bonchev–Trinajstić information content (AvgIpc) is 3.16. The van der Waals surface area contributed by atoms with Gasteiger partial charge in [-0.2, -0.15) is 0 Å². The predicted octanol–water partition coefficient (Wildman–Crippen LogP) is 3.80. The van der Waals surface area contributed by atoms with Crippen LogP contribution in [0.1, 0.15) is 65.1 Å². The van der Waals surface area contributed by atoms with Gasteiger partial charge in [-0.3, -0.25) is 0 Å². The molecule has 1 aliphatic heterocycles. The van der Waals surface area contributed by atoms with E-state index in [4.69, 9.17) is 15.5 Å². The first-order valence-electron chi connectivity index (χ1n) is 12.5. The highest BCUT2D eigenvalue weighted by atomic mass is 16.5. The molecule has 1 aromatic carbocycles. The zero-order chi connectivity index (χ0) is 23.8. The van der Waals surface area contributed by atoms with Crippen LogP contribution in [0.3, 0.4) is 0 Å². The quantitative estimate of drug-likeness (QED) is 0.560. The van der Waals surface area contributed by atoms with E-state index in [-0.39, 0.29) is 0 Å². The van der Waals surface area contributed by atoms with Gasteiger partial charge in [-0.25, -0.2) is 4.98 Å². The molecule has 5 nitrogen and oxygen atoms in total.